The summed E-state index contributed by atoms with van der Waals surface area (Å²) in [5.41, 5.74) is 2.16. The molecule has 0 saturated heterocycles. The summed E-state index contributed by atoms with van der Waals surface area (Å²) in [5, 5.41) is 2.81. The minimum atomic E-state index is -4.10. The molecular formula is C29H35N3O5S. The quantitative estimate of drug-likeness (QED) is 0.375. The first kappa shape index (κ1) is 28.7. The zero-order chi connectivity index (χ0) is 27.7. The van der Waals surface area contributed by atoms with Crippen LogP contribution in [-0.4, -0.2) is 51.4 Å². The van der Waals surface area contributed by atoms with Gasteiger partial charge in [-0.25, -0.2) is 8.42 Å². The van der Waals surface area contributed by atoms with Gasteiger partial charge >= 0.3 is 0 Å². The van der Waals surface area contributed by atoms with E-state index in [1.807, 2.05) is 45.0 Å². The van der Waals surface area contributed by atoms with Crippen molar-refractivity contribution in [2.24, 2.45) is 0 Å². The molecule has 8 nitrogen and oxygen atoms in total. The van der Waals surface area contributed by atoms with Gasteiger partial charge in [0.25, 0.3) is 10.0 Å². The van der Waals surface area contributed by atoms with Crippen molar-refractivity contribution in [3.05, 3.63) is 90.0 Å². The Bertz CT molecular complexity index is 1330. The molecule has 3 rings (SSSR count). The Morgan fingerprint density at radius 2 is 1.55 bits per heavy atom. The Labute approximate surface area is 225 Å². The second kappa shape index (κ2) is 13.1. The fraction of sp³-hybridized carbons (Fsp3) is 0.310. The number of aryl methyl sites for hydroxylation is 1. The number of rotatable bonds is 12. The molecule has 0 fully saturated rings. The molecular weight excluding hydrogens is 502 g/mol. The van der Waals surface area contributed by atoms with E-state index in [4.69, 9.17) is 4.74 Å². The lowest BCUT2D eigenvalue weighted by Gasteiger charge is -2.33. The second-order valence-corrected chi connectivity index (χ2v) is 10.7. The first-order valence-electron chi connectivity index (χ1n) is 12.6. The third kappa shape index (κ3) is 6.72. The molecule has 0 bridgehead atoms. The highest BCUT2D eigenvalue weighted by Gasteiger charge is 2.33. The number of nitrogens with one attached hydrogen (secondary N) is 1. The first-order valence-corrected chi connectivity index (χ1v) is 14.0. The predicted molar refractivity (Wildman–Crippen MR) is 148 cm³/mol. The molecule has 0 aliphatic heterocycles. The van der Waals surface area contributed by atoms with Gasteiger partial charge in [-0.1, -0.05) is 49.4 Å². The third-order valence-corrected chi connectivity index (χ3v) is 8.10. The number of carbonyl (C=O) groups is 2. The van der Waals surface area contributed by atoms with Gasteiger partial charge in [0.2, 0.25) is 11.8 Å². The lowest BCUT2D eigenvalue weighted by molar-refractivity contribution is -0.140. The highest BCUT2D eigenvalue weighted by molar-refractivity contribution is 7.92. The maximum Gasteiger partial charge on any atom is 0.264 e. The molecule has 0 spiro atoms. The van der Waals surface area contributed by atoms with Crippen molar-refractivity contribution in [3.63, 3.8) is 0 Å². The number of amides is 2. The van der Waals surface area contributed by atoms with Crippen LogP contribution in [0.3, 0.4) is 0 Å². The zero-order valence-electron chi connectivity index (χ0n) is 22.3. The molecule has 3 aromatic rings. The Balaban J connectivity index is 2.06. The largest absolute Gasteiger partial charge is 0.497 e. The monoisotopic (exact) mass is 537 g/mol. The Kier molecular flexibility index (Phi) is 9.90. The smallest absolute Gasteiger partial charge is 0.264 e. The number of nitrogens with zero attached hydrogens (tertiary/aromatic N) is 2. The number of methoxy groups -OCH3 is 1. The van der Waals surface area contributed by atoms with Crippen molar-refractivity contribution in [2.75, 3.05) is 24.5 Å². The summed E-state index contributed by atoms with van der Waals surface area (Å²) in [6.45, 7) is 5.70. The van der Waals surface area contributed by atoms with E-state index >= 15 is 0 Å². The fourth-order valence-corrected chi connectivity index (χ4v) is 5.61. The minimum Gasteiger partial charge on any atom is -0.497 e. The maximum atomic E-state index is 14.0. The fourth-order valence-electron chi connectivity index (χ4n) is 4.18. The Morgan fingerprint density at radius 1 is 0.921 bits per heavy atom. The maximum absolute atomic E-state index is 14.0. The van der Waals surface area contributed by atoms with Crippen molar-refractivity contribution in [2.45, 2.75) is 44.7 Å². The Hall–Kier alpha value is -3.85. The van der Waals surface area contributed by atoms with Gasteiger partial charge in [0.05, 0.1) is 17.7 Å². The molecule has 0 unspecified atom stereocenters. The first-order chi connectivity index (χ1) is 18.2. The van der Waals surface area contributed by atoms with Crippen LogP contribution in [0.1, 0.15) is 31.4 Å². The third-order valence-electron chi connectivity index (χ3n) is 6.31. The van der Waals surface area contributed by atoms with Gasteiger partial charge in [-0.05, 0) is 67.8 Å². The number of hydrogen-bond donors (Lipinski definition) is 1. The van der Waals surface area contributed by atoms with E-state index in [1.54, 1.807) is 42.5 Å². The summed E-state index contributed by atoms with van der Waals surface area (Å²) < 4.78 is 33.9. The standard InChI is InChI=1S/C29H35N3O5S/c1-5-27(29(34)30-6-2)31(20-23-13-11-10-12-22(23)3)28(33)21-32(24-16-18-25(37-4)19-17-24)38(35,36)26-14-8-7-9-15-26/h7-19,27H,5-6,20-21H2,1-4H3,(H,30,34)/t27-/m1/s1. The van der Waals surface area contributed by atoms with E-state index in [9.17, 15) is 18.0 Å². The van der Waals surface area contributed by atoms with Crippen molar-refractivity contribution in [1.82, 2.24) is 10.2 Å². The van der Waals surface area contributed by atoms with E-state index in [2.05, 4.69) is 5.32 Å². The van der Waals surface area contributed by atoms with Crippen LogP contribution in [-0.2, 0) is 26.2 Å². The van der Waals surface area contributed by atoms with Crippen molar-refractivity contribution in [1.29, 1.82) is 0 Å². The van der Waals surface area contributed by atoms with Gasteiger partial charge in [0, 0.05) is 13.1 Å². The normalized spacial score (nSPS) is 11.9. The number of anilines is 1. The Morgan fingerprint density at radius 3 is 2.13 bits per heavy atom. The lowest BCUT2D eigenvalue weighted by atomic mass is 10.1. The number of carbonyl (C=O) groups excluding carboxylic acids is 2. The highest BCUT2D eigenvalue weighted by Crippen LogP contribution is 2.27. The number of benzene rings is 3. The van der Waals surface area contributed by atoms with Gasteiger partial charge < -0.3 is 15.0 Å². The molecule has 0 aromatic heterocycles. The average Bonchev–Trinajstić information content (AvgIpc) is 2.93. The molecule has 0 aliphatic carbocycles. The molecule has 202 valence electrons. The summed E-state index contributed by atoms with van der Waals surface area (Å²) in [6, 6.07) is 21.3. The van der Waals surface area contributed by atoms with Crippen LogP contribution < -0.4 is 14.4 Å². The molecule has 1 atom stereocenters. The van der Waals surface area contributed by atoms with Gasteiger partial charge in [0.1, 0.15) is 18.3 Å². The number of sulfonamides is 1. The molecule has 3 aromatic carbocycles. The number of ether oxygens (including phenoxy) is 1. The average molecular weight is 538 g/mol. The zero-order valence-corrected chi connectivity index (χ0v) is 23.1. The summed E-state index contributed by atoms with van der Waals surface area (Å²) in [4.78, 5) is 28.5. The van der Waals surface area contributed by atoms with Crippen LogP contribution in [0.15, 0.2) is 83.8 Å². The van der Waals surface area contributed by atoms with E-state index in [-0.39, 0.29) is 17.3 Å². The molecule has 1 N–H and O–H groups in total. The second-order valence-electron chi connectivity index (χ2n) is 8.79. The summed E-state index contributed by atoms with van der Waals surface area (Å²) in [6.07, 6.45) is 0.372. The molecule has 0 heterocycles. The van der Waals surface area contributed by atoms with Crippen LogP contribution in [0.5, 0.6) is 5.75 Å². The topological polar surface area (TPSA) is 96.0 Å². The van der Waals surface area contributed by atoms with E-state index in [0.29, 0.717) is 24.4 Å². The van der Waals surface area contributed by atoms with E-state index < -0.39 is 28.5 Å². The molecule has 38 heavy (non-hydrogen) atoms. The van der Waals surface area contributed by atoms with Crippen LogP contribution in [0.25, 0.3) is 0 Å². The SMILES string of the molecule is CCNC(=O)[C@@H](CC)N(Cc1ccccc1C)C(=O)CN(c1ccc(OC)cc1)S(=O)(=O)c1ccccc1. The van der Waals surface area contributed by atoms with Gasteiger partial charge in [0.15, 0.2) is 0 Å². The lowest BCUT2D eigenvalue weighted by Crippen LogP contribution is -2.52. The van der Waals surface area contributed by atoms with Gasteiger partial charge in [-0.15, -0.1) is 0 Å². The molecule has 0 saturated carbocycles. The van der Waals surface area contributed by atoms with Crippen LogP contribution in [0.2, 0.25) is 0 Å². The van der Waals surface area contributed by atoms with E-state index in [1.165, 1.54) is 24.1 Å². The summed E-state index contributed by atoms with van der Waals surface area (Å²) >= 11 is 0. The summed E-state index contributed by atoms with van der Waals surface area (Å²) in [7, 11) is -2.58. The highest BCUT2D eigenvalue weighted by atomic mass is 32.2. The number of likely N-dealkylation sites (N-methyl/N-ethyl adjacent to an activating group) is 1. The van der Waals surface area contributed by atoms with Crippen LogP contribution in [0.4, 0.5) is 5.69 Å². The van der Waals surface area contributed by atoms with Gasteiger partial charge in [-0.3, -0.25) is 13.9 Å². The van der Waals surface area contributed by atoms with Crippen molar-refractivity contribution in [3.8, 4) is 5.75 Å². The molecule has 2 amide bonds. The molecule has 0 radical (unpaired) electrons. The molecule has 9 heteroatoms. The van der Waals surface area contributed by atoms with Crippen LogP contribution in [0, 0.1) is 6.92 Å². The predicted octanol–water partition coefficient (Wildman–Crippen LogP) is 4.14. The van der Waals surface area contributed by atoms with Gasteiger partial charge in [-0.2, -0.15) is 0 Å². The summed E-state index contributed by atoms with van der Waals surface area (Å²) in [5.74, 6) is -0.207. The van der Waals surface area contributed by atoms with Crippen LogP contribution >= 0.6 is 0 Å². The van der Waals surface area contributed by atoms with E-state index in [0.717, 1.165) is 15.4 Å². The minimum absolute atomic E-state index is 0.0600. The van der Waals surface area contributed by atoms with Crippen molar-refractivity contribution < 1.29 is 22.7 Å². The van der Waals surface area contributed by atoms with Crippen molar-refractivity contribution >= 4 is 27.5 Å². The number of hydrogen-bond acceptors (Lipinski definition) is 5. The molecule has 0 aliphatic rings.